The molecule has 37 heavy (non-hydrogen) atoms. The van der Waals surface area contributed by atoms with Crippen LogP contribution in [0.25, 0.3) is 0 Å². The molecule has 3 aromatic rings. The van der Waals surface area contributed by atoms with Crippen molar-refractivity contribution in [1.29, 1.82) is 0 Å². The van der Waals surface area contributed by atoms with Crippen molar-refractivity contribution in [3.63, 3.8) is 0 Å². The Bertz CT molecular complexity index is 1140. The summed E-state index contributed by atoms with van der Waals surface area (Å²) in [5.74, 6) is -0.0663. The summed E-state index contributed by atoms with van der Waals surface area (Å²) in [6, 6.07) is 15.2. The van der Waals surface area contributed by atoms with Crippen LogP contribution in [0.15, 0.2) is 42.5 Å². The molecular weight excluding hydrogens is 470 g/mol. The van der Waals surface area contributed by atoms with Crippen molar-refractivity contribution in [2.24, 2.45) is 0 Å². The molecule has 0 unspecified atom stereocenters. The number of hydrogen-bond donors (Lipinski definition) is 1. The van der Waals surface area contributed by atoms with Gasteiger partial charge in [-0.2, -0.15) is 10.2 Å². The van der Waals surface area contributed by atoms with Crippen LogP contribution in [-0.2, 0) is 21.7 Å². The molecule has 1 N–H and O–H groups in total. The molecule has 0 bridgehead atoms. The summed E-state index contributed by atoms with van der Waals surface area (Å²) in [6.45, 7) is 32.0. The quantitative estimate of drug-likeness (QED) is 0.344. The molecule has 0 spiro atoms. The number of para-hydroxylation sites is 1. The smallest absolute Gasteiger partial charge is 0.199 e. The lowest BCUT2D eigenvalue weighted by atomic mass is 9.88. The van der Waals surface area contributed by atoms with Gasteiger partial charge in [0.15, 0.2) is 14.0 Å². The van der Waals surface area contributed by atoms with Gasteiger partial charge in [-0.15, -0.1) is 0 Å². The molecule has 2 heterocycles. The molecule has 0 saturated heterocycles. The number of nitrogens with zero attached hydrogens (tertiary/aromatic N) is 4. The minimum Gasteiger partial charge on any atom is -0.408 e. The van der Waals surface area contributed by atoms with Gasteiger partial charge in [-0.1, -0.05) is 101 Å². The van der Waals surface area contributed by atoms with Crippen molar-refractivity contribution >= 4 is 13.9 Å². The van der Waals surface area contributed by atoms with Crippen LogP contribution in [0.2, 0.25) is 13.1 Å². The lowest BCUT2D eigenvalue weighted by Gasteiger charge is -2.38. The van der Waals surface area contributed by atoms with E-state index in [-0.39, 0.29) is 27.4 Å². The van der Waals surface area contributed by atoms with Crippen molar-refractivity contribution in [2.45, 2.75) is 124 Å². The van der Waals surface area contributed by atoms with E-state index in [1.165, 1.54) is 11.4 Å². The highest BCUT2D eigenvalue weighted by Crippen LogP contribution is 2.38. The molecule has 0 aliphatic carbocycles. The van der Waals surface area contributed by atoms with E-state index in [1.54, 1.807) is 0 Å². The van der Waals surface area contributed by atoms with E-state index in [2.05, 4.69) is 153 Å². The Morgan fingerprint density at radius 2 is 1.00 bits per heavy atom. The second-order valence-corrected chi connectivity index (χ2v) is 19.5. The van der Waals surface area contributed by atoms with E-state index in [4.69, 9.17) is 10.2 Å². The van der Waals surface area contributed by atoms with Gasteiger partial charge >= 0.3 is 0 Å². The maximum atomic E-state index is 5.38. The first kappa shape index (κ1) is 29.2. The average molecular weight is 522 g/mol. The van der Waals surface area contributed by atoms with Gasteiger partial charge in [0.1, 0.15) is 0 Å². The number of nitrogens with one attached hydrogen (secondary N) is 1. The van der Waals surface area contributed by atoms with E-state index in [0.717, 1.165) is 17.1 Å². The first-order valence-corrected chi connectivity index (χ1v) is 16.7. The van der Waals surface area contributed by atoms with E-state index in [0.29, 0.717) is 0 Å². The zero-order valence-corrected chi connectivity index (χ0v) is 26.9. The Hall–Kier alpha value is -2.34. The van der Waals surface area contributed by atoms with Gasteiger partial charge < -0.3 is 4.98 Å². The zero-order valence-electron chi connectivity index (χ0n) is 25.9. The van der Waals surface area contributed by atoms with E-state index in [9.17, 15) is 0 Å². The monoisotopic (exact) mass is 521 g/mol. The predicted molar refractivity (Wildman–Crippen MR) is 161 cm³/mol. The third kappa shape index (κ3) is 6.39. The Morgan fingerprint density at radius 3 is 1.32 bits per heavy atom. The molecular formula is C31H51N5Si. The van der Waals surface area contributed by atoms with Crippen molar-refractivity contribution in [2.75, 3.05) is 4.98 Å². The number of anilines is 1. The second kappa shape index (κ2) is 9.44. The Morgan fingerprint density at radius 1 is 0.622 bits per heavy atom. The molecule has 0 amide bonds. The van der Waals surface area contributed by atoms with Crippen molar-refractivity contribution in [1.82, 2.24) is 19.6 Å². The number of aromatic nitrogens is 4. The fourth-order valence-electron chi connectivity index (χ4n) is 4.69. The molecule has 1 aromatic carbocycles. The van der Waals surface area contributed by atoms with Gasteiger partial charge in [0.2, 0.25) is 0 Å². The van der Waals surface area contributed by atoms with Crippen LogP contribution in [0.4, 0.5) is 5.69 Å². The second-order valence-electron chi connectivity index (χ2n) is 15.3. The van der Waals surface area contributed by atoms with Crippen LogP contribution >= 0.6 is 0 Å². The third-order valence-electron chi connectivity index (χ3n) is 6.89. The fraction of sp³-hybridized carbons (Fsp3) is 0.613. The zero-order chi connectivity index (χ0) is 28.2. The maximum Gasteiger partial charge on any atom is 0.199 e. The van der Waals surface area contributed by atoms with Crippen LogP contribution in [0.5, 0.6) is 0 Å². The van der Waals surface area contributed by atoms with Crippen LogP contribution in [0.3, 0.4) is 0 Å². The summed E-state index contributed by atoms with van der Waals surface area (Å²) in [5.41, 5.74) is 5.60. The van der Waals surface area contributed by atoms with Crippen LogP contribution in [-0.4, -0.2) is 27.8 Å². The minimum absolute atomic E-state index is 0.0537. The van der Waals surface area contributed by atoms with Gasteiger partial charge in [0.05, 0.1) is 11.4 Å². The molecule has 0 fully saturated rings. The summed E-state index contributed by atoms with van der Waals surface area (Å²) in [7, 11) is -2.32. The first-order valence-electron chi connectivity index (χ1n) is 13.7. The Kier molecular flexibility index (Phi) is 7.46. The Balaban J connectivity index is 2.40. The number of rotatable bonds is 5. The lowest BCUT2D eigenvalue weighted by Crippen LogP contribution is -2.52. The predicted octanol–water partition coefficient (Wildman–Crippen LogP) is 8.17. The molecule has 0 aliphatic heterocycles. The molecule has 0 radical (unpaired) electrons. The van der Waals surface area contributed by atoms with Crippen molar-refractivity contribution < 1.29 is 0 Å². The van der Waals surface area contributed by atoms with Crippen molar-refractivity contribution in [3.05, 3.63) is 65.2 Å². The van der Waals surface area contributed by atoms with Gasteiger partial charge in [-0.25, -0.2) is 9.36 Å². The van der Waals surface area contributed by atoms with E-state index in [1.807, 2.05) is 0 Å². The average Bonchev–Trinajstić information content (AvgIpc) is 3.33. The summed E-state index contributed by atoms with van der Waals surface area (Å²) in [4.78, 5) is 3.99. The molecule has 6 heteroatoms. The molecule has 0 aliphatic rings. The van der Waals surface area contributed by atoms with E-state index < -0.39 is 8.24 Å². The molecule has 0 saturated carbocycles. The van der Waals surface area contributed by atoms with Gasteiger partial charge in [0, 0.05) is 38.7 Å². The highest BCUT2D eigenvalue weighted by Gasteiger charge is 2.43. The lowest BCUT2D eigenvalue weighted by molar-refractivity contribution is 0.372. The van der Waals surface area contributed by atoms with Gasteiger partial charge in [-0.3, -0.25) is 0 Å². The molecule has 2 aromatic heterocycles. The van der Waals surface area contributed by atoms with Gasteiger partial charge in [-0.05, 0) is 37.4 Å². The summed E-state index contributed by atoms with van der Waals surface area (Å²) < 4.78 is 4.63. The Labute approximate surface area is 227 Å². The van der Waals surface area contributed by atoms with Crippen LogP contribution in [0.1, 0.15) is 112 Å². The number of benzene rings is 1. The summed E-state index contributed by atoms with van der Waals surface area (Å²) in [5, 5.41) is 10.8. The highest BCUT2D eigenvalue weighted by molar-refractivity contribution is 6.81. The topological polar surface area (TPSA) is 47.7 Å². The first-order chi connectivity index (χ1) is 16.6. The molecule has 3 rings (SSSR count). The SMILES string of the molecule is CC(C)(C)c1cc(C(C)(C)C)n(C(n2nc(C(C)(C)C)cc2C(C)(C)C)[Si](C)(C)Nc2ccccc2)n1. The van der Waals surface area contributed by atoms with Crippen molar-refractivity contribution in [3.8, 4) is 0 Å². The molecule has 204 valence electrons. The standard InChI is InChI=1S/C31H51N5Si/c1-28(2,3)23-20-25(30(7,8)9)35(32-23)27(37(13,14)34-22-18-16-15-17-19-22)36-26(31(10,11)12)21-24(33-36)29(4,5)6/h15-21,27,34H,1-14H3. The van der Waals surface area contributed by atoms with Gasteiger partial charge in [0.25, 0.3) is 0 Å². The molecule has 5 nitrogen and oxygen atoms in total. The normalized spacial score (nSPS) is 13.9. The third-order valence-corrected chi connectivity index (χ3v) is 9.61. The largest absolute Gasteiger partial charge is 0.408 e. The van der Waals surface area contributed by atoms with Crippen LogP contribution in [0, 0.1) is 0 Å². The maximum absolute atomic E-state index is 5.38. The highest BCUT2D eigenvalue weighted by atomic mass is 28.3. The summed E-state index contributed by atoms with van der Waals surface area (Å²) in [6.07, 6.45) is 0. The minimum atomic E-state index is -2.32. The van der Waals surface area contributed by atoms with Crippen LogP contribution < -0.4 is 4.98 Å². The molecule has 0 atom stereocenters. The van der Waals surface area contributed by atoms with E-state index >= 15 is 0 Å². The number of hydrogen-bond acceptors (Lipinski definition) is 3. The fourth-order valence-corrected chi connectivity index (χ4v) is 7.34. The summed E-state index contributed by atoms with van der Waals surface area (Å²) >= 11 is 0.